The van der Waals surface area contributed by atoms with Gasteiger partial charge in [-0.15, -0.1) is 11.8 Å². The van der Waals surface area contributed by atoms with Gasteiger partial charge in [0.15, 0.2) is 0 Å². The van der Waals surface area contributed by atoms with Gasteiger partial charge in [0, 0.05) is 21.8 Å². The van der Waals surface area contributed by atoms with E-state index in [1.807, 2.05) is 117 Å². The van der Waals surface area contributed by atoms with E-state index < -0.39 is 5.25 Å². The molecular formula is C29H26N2O2S. The first-order valence-electron chi connectivity index (χ1n) is 11.1. The Kier molecular flexibility index (Phi) is 7.45. The molecule has 4 rings (SSSR count). The van der Waals surface area contributed by atoms with E-state index in [0.717, 1.165) is 27.3 Å². The van der Waals surface area contributed by atoms with Crippen LogP contribution in [-0.2, 0) is 4.79 Å². The van der Waals surface area contributed by atoms with Crippen LogP contribution in [0.4, 0.5) is 11.4 Å². The number of nitrogens with one attached hydrogen (secondary N) is 2. The van der Waals surface area contributed by atoms with Crippen LogP contribution in [0.5, 0.6) is 0 Å². The number of hydrogen-bond acceptors (Lipinski definition) is 3. The second-order valence-electron chi connectivity index (χ2n) is 8.11. The highest BCUT2D eigenvalue weighted by Crippen LogP contribution is 2.36. The molecule has 0 saturated carbocycles. The number of anilines is 2. The minimum Gasteiger partial charge on any atom is -0.325 e. The third kappa shape index (κ3) is 6.15. The molecule has 5 heteroatoms. The summed E-state index contributed by atoms with van der Waals surface area (Å²) in [5.41, 5.74) is 5.26. The zero-order chi connectivity index (χ0) is 23.9. The fourth-order valence-electron chi connectivity index (χ4n) is 3.41. The highest BCUT2D eigenvalue weighted by Gasteiger charge is 2.22. The Balaban J connectivity index is 1.47. The predicted molar refractivity (Wildman–Crippen MR) is 140 cm³/mol. The average molecular weight is 467 g/mol. The fraction of sp³-hybridized carbons (Fsp3) is 0.103. The van der Waals surface area contributed by atoms with E-state index >= 15 is 0 Å². The van der Waals surface area contributed by atoms with E-state index in [9.17, 15) is 9.59 Å². The number of carbonyl (C=O) groups excluding carboxylic acids is 2. The Morgan fingerprint density at radius 3 is 1.79 bits per heavy atom. The lowest BCUT2D eigenvalue weighted by Gasteiger charge is -2.17. The first kappa shape index (κ1) is 23.3. The first-order chi connectivity index (χ1) is 16.5. The molecule has 0 fully saturated rings. The lowest BCUT2D eigenvalue weighted by atomic mass is 10.1. The molecule has 0 aliphatic heterocycles. The molecule has 1 atom stereocenters. The monoisotopic (exact) mass is 466 g/mol. The van der Waals surface area contributed by atoms with Crippen LogP contribution in [0.3, 0.4) is 0 Å². The largest absolute Gasteiger partial charge is 0.325 e. The van der Waals surface area contributed by atoms with Gasteiger partial charge in [0.25, 0.3) is 5.91 Å². The van der Waals surface area contributed by atoms with Crippen LogP contribution >= 0.6 is 11.8 Å². The van der Waals surface area contributed by atoms with Gasteiger partial charge in [0.2, 0.25) is 5.91 Å². The van der Waals surface area contributed by atoms with E-state index in [4.69, 9.17) is 0 Å². The van der Waals surface area contributed by atoms with Crippen LogP contribution in [0.15, 0.2) is 108 Å². The molecule has 0 aliphatic rings. The lowest BCUT2D eigenvalue weighted by Crippen LogP contribution is -2.19. The van der Waals surface area contributed by atoms with Gasteiger partial charge < -0.3 is 10.6 Å². The molecule has 170 valence electrons. The predicted octanol–water partition coefficient (Wildman–Crippen LogP) is 7.03. The molecule has 0 radical (unpaired) electrons. The standard InChI is InChI=1S/C29H26N2O2S/c1-20-8-12-23(13-9-20)28(32)30-25-16-18-26(19-17-25)34-27(22-6-4-3-5-7-22)29(33)31-24-14-10-21(2)11-15-24/h3-19,27H,1-2H3,(H,30,32)(H,31,33). The zero-order valence-electron chi connectivity index (χ0n) is 19.1. The summed E-state index contributed by atoms with van der Waals surface area (Å²) in [6.07, 6.45) is 0. The SMILES string of the molecule is Cc1ccc(NC(=O)C(Sc2ccc(NC(=O)c3ccc(C)cc3)cc2)c2ccccc2)cc1. The Labute approximate surface area is 204 Å². The summed E-state index contributed by atoms with van der Waals surface area (Å²) in [5, 5.41) is 5.53. The Hall–Kier alpha value is -3.83. The molecule has 4 aromatic carbocycles. The molecule has 4 aromatic rings. The van der Waals surface area contributed by atoms with Gasteiger partial charge in [-0.25, -0.2) is 0 Å². The number of benzene rings is 4. The third-order valence-corrected chi connectivity index (χ3v) is 6.61. The Bertz CT molecular complexity index is 1250. The highest BCUT2D eigenvalue weighted by molar-refractivity contribution is 8.00. The van der Waals surface area contributed by atoms with Crippen molar-refractivity contribution in [2.75, 3.05) is 10.6 Å². The minimum atomic E-state index is -0.421. The smallest absolute Gasteiger partial charge is 0.255 e. The maximum absolute atomic E-state index is 13.2. The third-order valence-electron chi connectivity index (χ3n) is 5.34. The molecule has 0 heterocycles. The van der Waals surface area contributed by atoms with Gasteiger partial charge in [-0.3, -0.25) is 9.59 Å². The number of rotatable bonds is 7. The van der Waals surface area contributed by atoms with Crippen molar-refractivity contribution in [3.05, 3.63) is 125 Å². The minimum absolute atomic E-state index is 0.0863. The number of thioether (sulfide) groups is 1. The van der Waals surface area contributed by atoms with Crippen LogP contribution in [0.25, 0.3) is 0 Å². The molecule has 2 N–H and O–H groups in total. The van der Waals surface area contributed by atoms with E-state index in [1.165, 1.54) is 11.8 Å². The van der Waals surface area contributed by atoms with Gasteiger partial charge in [-0.1, -0.05) is 65.7 Å². The summed E-state index contributed by atoms with van der Waals surface area (Å²) in [6, 6.07) is 32.5. The summed E-state index contributed by atoms with van der Waals surface area (Å²) < 4.78 is 0. The van der Waals surface area contributed by atoms with Gasteiger partial charge in [0.1, 0.15) is 5.25 Å². The molecule has 0 aromatic heterocycles. The summed E-state index contributed by atoms with van der Waals surface area (Å²) in [4.78, 5) is 26.6. The maximum atomic E-state index is 13.2. The lowest BCUT2D eigenvalue weighted by molar-refractivity contribution is -0.115. The normalized spacial score (nSPS) is 11.5. The second kappa shape index (κ2) is 10.9. The number of hydrogen-bond donors (Lipinski definition) is 2. The van der Waals surface area contributed by atoms with Crippen LogP contribution in [-0.4, -0.2) is 11.8 Å². The Morgan fingerprint density at radius 2 is 1.18 bits per heavy atom. The molecule has 0 bridgehead atoms. The van der Waals surface area contributed by atoms with Crippen molar-refractivity contribution in [1.29, 1.82) is 0 Å². The van der Waals surface area contributed by atoms with Crippen molar-refractivity contribution < 1.29 is 9.59 Å². The molecule has 0 aliphatic carbocycles. The van der Waals surface area contributed by atoms with Crippen LogP contribution < -0.4 is 10.6 Å². The summed E-state index contributed by atoms with van der Waals surface area (Å²) in [6.45, 7) is 4.00. The van der Waals surface area contributed by atoms with E-state index in [0.29, 0.717) is 11.3 Å². The van der Waals surface area contributed by atoms with Crippen molar-refractivity contribution in [2.45, 2.75) is 24.0 Å². The highest BCUT2D eigenvalue weighted by atomic mass is 32.2. The van der Waals surface area contributed by atoms with Crippen molar-refractivity contribution in [2.24, 2.45) is 0 Å². The molecule has 4 nitrogen and oxygen atoms in total. The topological polar surface area (TPSA) is 58.2 Å². The molecule has 2 amide bonds. The van der Waals surface area contributed by atoms with Crippen LogP contribution in [0.2, 0.25) is 0 Å². The Morgan fingerprint density at radius 1 is 0.647 bits per heavy atom. The molecule has 0 saturated heterocycles. The van der Waals surface area contributed by atoms with Gasteiger partial charge in [0.05, 0.1) is 0 Å². The van der Waals surface area contributed by atoms with Gasteiger partial charge in [-0.05, 0) is 67.9 Å². The quantitative estimate of drug-likeness (QED) is 0.288. The zero-order valence-corrected chi connectivity index (χ0v) is 19.9. The van der Waals surface area contributed by atoms with Crippen LogP contribution in [0, 0.1) is 13.8 Å². The van der Waals surface area contributed by atoms with Gasteiger partial charge >= 0.3 is 0 Å². The van der Waals surface area contributed by atoms with Gasteiger partial charge in [-0.2, -0.15) is 0 Å². The van der Waals surface area contributed by atoms with E-state index in [1.54, 1.807) is 0 Å². The summed E-state index contributed by atoms with van der Waals surface area (Å²) >= 11 is 1.47. The first-order valence-corrected chi connectivity index (χ1v) is 11.9. The average Bonchev–Trinajstić information content (AvgIpc) is 2.86. The number of amides is 2. The fourth-order valence-corrected chi connectivity index (χ4v) is 4.43. The van der Waals surface area contributed by atoms with Crippen LogP contribution in [0.1, 0.15) is 32.3 Å². The second-order valence-corrected chi connectivity index (χ2v) is 9.29. The summed E-state index contributed by atoms with van der Waals surface area (Å²) in [5.74, 6) is -0.239. The summed E-state index contributed by atoms with van der Waals surface area (Å²) in [7, 11) is 0. The molecular weight excluding hydrogens is 440 g/mol. The molecule has 34 heavy (non-hydrogen) atoms. The van der Waals surface area contributed by atoms with Crippen molar-refractivity contribution in [3.63, 3.8) is 0 Å². The van der Waals surface area contributed by atoms with Crippen molar-refractivity contribution in [3.8, 4) is 0 Å². The van der Waals surface area contributed by atoms with Crippen molar-refractivity contribution in [1.82, 2.24) is 0 Å². The van der Waals surface area contributed by atoms with E-state index in [2.05, 4.69) is 10.6 Å². The van der Waals surface area contributed by atoms with Crippen molar-refractivity contribution >= 4 is 35.0 Å². The van der Waals surface area contributed by atoms with E-state index in [-0.39, 0.29) is 11.8 Å². The number of carbonyl (C=O) groups is 2. The maximum Gasteiger partial charge on any atom is 0.255 e. The number of aryl methyl sites for hydroxylation is 2. The molecule has 1 unspecified atom stereocenters. The molecule has 0 spiro atoms.